The molecule has 12 heavy (non-hydrogen) atoms. The van der Waals surface area contributed by atoms with Gasteiger partial charge < -0.3 is 0 Å². The van der Waals surface area contributed by atoms with Gasteiger partial charge >= 0.3 is 0 Å². The van der Waals surface area contributed by atoms with Crippen LogP contribution in [0.2, 0.25) is 0 Å². The predicted molar refractivity (Wildman–Crippen MR) is 48.7 cm³/mol. The largest absolute Gasteiger partial charge is 0.290 e. The first-order valence-corrected chi connectivity index (χ1v) is 4.30. The lowest BCUT2D eigenvalue weighted by Crippen LogP contribution is -2.01. The maximum absolute atomic E-state index is 11.3. The summed E-state index contributed by atoms with van der Waals surface area (Å²) in [5, 5.41) is 11.3. The monoisotopic (exact) mass is 162 g/mol. The highest BCUT2D eigenvalue weighted by Crippen LogP contribution is 2.30. The summed E-state index contributed by atoms with van der Waals surface area (Å²) in [6, 6.07) is 7.98. The molecule has 0 N–H and O–H groups in total. The molecular weight excluding hydrogens is 148 g/mol. The molecule has 0 spiro atoms. The standard InChI is InChI=1S/C11H14O/c1-8(2)9(3)10-6-4-5-7-11(10)12/h5-9H,1-3H3. The van der Waals surface area contributed by atoms with Gasteiger partial charge in [0.15, 0.2) is 5.75 Å². The fourth-order valence-corrected chi connectivity index (χ4v) is 1.14. The summed E-state index contributed by atoms with van der Waals surface area (Å²) in [5.41, 5.74) is 0.882. The van der Waals surface area contributed by atoms with Crippen molar-refractivity contribution in [2.45, 2.75) is 26.7 Å². The molecule has 0 aromatic heterocycles. The van der Waals surface area contributed by atoms with E-state index in [1.54, 1.807) is 18.2 Å². The number of hydrogen-bond donors (Lipinski definition) is 0. The zero-order valence-electron chi connectivity index (χ0n) is 7.79. The van der Waals surface area contributed by atoms with E-state index in [9.17, 15) is 5.11 Å². The fraction of sp³-hybridized carbons (Fsp3) is 0.455. The van der Waals surface area contributed by atoms with Gasteiger partial charge in [0.2, 0.25) is 0 Å². The Kier molecular flexibility index (Phi) is 2.74. The Morgan fingerprint density at radius 3 is 2.50 bits per heavy atom. The maximum Gasteiger partial charge on any atom is 0.182 e. The molecule has 64 valence electrons. The molecule has 0 aliphatic carbocycles. The van der Waals surface area contributed by atoms with Crippen molar-refractivity contribution in [3.8, 4) is 5.75 Å². The maximum atomic E-state index is 11.3. The molecule has 0 aliphatic rings. The summed E-state index contributed by atoms with van der Waals surface area (Å²) in [4.78, 5) is 0. The highest BCUT2D eigenvalue weighted by molar-refractivity contribution is 5.33. The zero-order valence-corrected chi connectivity index (χ0v) is 7.79. The van der Waals surface area contributed by atoms with Crippen LogP contribution in [0.3, 0.4) is 0 Å². The van der Waals surface area contributed by atoms with Crippen LogP contribution in [0.25, 0.3) is 0 Å². The molecule has 1 atom stereocenters. The third kappa shape index (κ3) is 1.79. The summed E-state index contributed by atoms with van der Waals surface area (Å²) < 4.78 is 0. The molecule has 1 heteroatoms. The smallest absolute Gasteiger partial charge is 0.182 e. The van der Waals surface area contributed by atoms with Crippen LogP contribution in [-0.2, 0) is 5.11 Å². The Hall–Kier alpha value is -0.980. The van der Waals surface area contributed by atoms with Gasteiger partial charge in [0.25, 0.3) is 0 Å². The van der Waals surface area contributed by atoms with Crippen LogP contribution in [-0.4, -0.2) is 0 Å². The molecule has 0 fully saturated rings. The van der Waals surface area contributed by atoms with Crippen molar-refractivity contribution in [2.75, 3.05) is 0 Å². The van der Waals surface area contributed by atoms with E-state index in [0.29, 0.717) is 11.8 Å². The molecule has 2 radical (unpaired) electrons. The van der Waals surface area contributed by atoms with E-state index in [4.69, 9.17) is 0 Å². The van der Waals surface area contributed by atoms with Crippen molar-refractivity contribution in [1.29, 1.82) is 0 Å². The van der Waals surface area contributed by atoms with Gasteiger partial charge in [0, 0.05) is 5.56 Å². The summed E-state index contributed by atoms with van der Waals surface area (Å²) >= 11 is 0. The van der Waals surface area contributed by atoms with Crippen molar-refractivity contribution in [3.63, 3.8) is 0 Å². The van der Waals surface area contributed by atoms with Crippen molar-refractivity contribution < 1.29 is 5.11 Å². The van der Waals surface area contributed by atoms with E-state index < -0.39 is 0 Å². The second kappa shape index (κ2) is 3.61. The molecule has 1 rings (SSSR count). The number of hydrogen-bond acceptors (Lipinski definition) is 0. The summed E-state index contributed by atoms with van der Waals surface area (Å²) in [5.74, 6) is 0.971. The second-order valence-electron chi connectivity index (χ2n) is 3.50. The normalized spacial score (nSPS) is 13.3. The zero-order chi connectivity index (χ0) is 9.14. The van der Waals surface area contributed by atoms with E-state index in [-0.39, 0.29) is 5.75 Å². The highest BCUT2D eigenvalue weighted by atomic mass is 16.3. The lowest BCUT2D eigenvalue weighted by atomic mass is 9.90. The Morgan fingerprint density at radius 1 is 1.33 bits per heavy atom. The topological polar surface area (TPSA) is 19.9 Å². The van der Waals surface area contributed by atoms with E-state index in [1.165, 1.54) is 0 Å². The van der Waals surface area contributed by atoms with Crippen molar-refractivity contribution in [3.05, 3.63) is 29.8 Å². The minimum absolute atomic E-state index is 0.134. The van der Waals surface area contributed by atoms with Gasteiger partial charge in [-0.2, -0.15) is 0 Å². The molecule has 0 bridgehead atoms. The van der Waals surface area contributed by atoms with Gasteiger partial charge in [-0.3, -0.25) is 5.11 Å². The van der Waals surface area contributed by atoms with Crippen molar-refractivity contribution >= 4 is 0 Å². The average molecular weight is 162 g/mol. The second-order valence-corrected chi connectivity index (χ2v) is 3.50. The number of rotatable bonds is 2. The molecule has 0 amide bonds. The predicted octanol–water partition coefficient (Wildman–Crippen LogP) is 3.39. The first kappa shape index (κ1) is 9.11. The van der Waals surface area contributed by atoms with E-state index in [0.717, 1.165) is 5.56 Å². The van der Waals surface area contributed by atoms with E-state index >= 15 is 0 Å². The van der Waals surface area contributed by atoms with Crippen LogP contribution in [0.4, 0.5) is 0 Å². The van der Waals surface area contributed by atoms with E-state index in [2.05, 4.69) is 26.8 Å². The SMILES string of the molecule is CC(C)C(C)c1c[c]ccc1[O]. The molecule has 0 heterocycles. The van der Waals surface area contributed by atoms with Crippen molar-refractivity contribution in [2.24, 2.45) is 5.92 Å². The molecule has 0 saturated carbocycles. The van der Waals surface area contributed by atoms with Crippen LogP contribution in [0, 0.1) is 12.0 Å². The average Bonchev–Trinajstić information content (AvgIpc) is 2.04. The molecule has 1 unspecified atom stereocenters. The van der Waals surface area contributed by atoms with Crippen LogP contribution < -0.4 is 0 Å². The summed E-state index contributed by atoms with van der Waals surface area (Å²) in [7, 11) is 0. The van der Waals surface area contributed by atoms with Gasteiger partial charge in [0.1, 0.15) is 0 Å². The lowest BCUT2D eigenvalue weighted by Gasteiger charge is -2.15. The molecular formula is C11H14O. The van der Waals surface area contributed by atoms with Gasteiger partial charge in [-0.1, -0.05) is 26.8 Å². The number of benzene rings is 1. The molecule has 1 aromatic rings. The Bertz CT molecular complexity index is 253. The molecule has 0 aliphatic heterocycles. The molecule has 1 nitrogen and oxygen atoms in total. The molecule has 0 saturated heterocycles. The Morgan fingerprint density at radius 2 is 2.00 bits per heavy atom. The van der Waals surface area contributed by atoms with Gasteiger partial charge in [0.05, 0.1) is 0 Å². The van der Waals surface area contributed by atoms with Gasteiger partial charge in [-0.05, 0) is 30.0 Å². The van der Waals surface area contributed by atoms with Crippen LogP contribution in [0.1, 0.15) is 32.3 Å². The molecule has 1 aromatic carbocycles. The fourth-order valence-electron chi connectivity index (χ4n) is 1.14. The van der Waals surface area contributed by atoms with Crippen LogP contribution in [0.15, 0.2) is 18.2 Å². The summed E-state index contributed by atoms with van der Waals surface area (Å²) in [6.07, 6.45) is 0. The Balaban J connectivity index is 2.94. The Labute approximate surface area is 74.1 Å². The lowest BCUT2D eigenvalue weighted by molar-refractivity contribution is 0.342. The van der Waals surface area contributed by atoms with Gasteiger partial charge in [-0.25, -0.2) is 0 Å². The van der Waals surface area contributed by atoms with Crippen molar-refractivity contribution in [1.82, 2.24) is 0 Å². The first-order chi connectivity index (χ1) is 5.63. The van der Waals surface area contributed by atoms with E-state index in [1.807, 2.05) is 0 Å². The van der Waals surface area contributed by atoms with Gasteiger partial charge in [-0.15, -0.1) is 0 Å². The third-order valence-corrected chi connectivity index (χ3v) is 2.34. The van der Waals surface area contributed by atoms with Crippen LogP contribution >= 0.6 is 0 Å². The minimum Gasteiger partial charge on any atom is -0.290 e. The quantitative estimate of drug-likeness (QED) is 0.635. The minimum atomic E-state index is 0.134. The highest BCUT2D eigenvalue weighted by Gasteiger charge is 2.13. The summed E-state index contributed by atoms with van der Waals surface area (Å²) in [6.45, 7) is 6.32. The van der Waals surface area contributed by atoms with Crippen LogP contribution in [0.5, 0.6) is 5.75 Å². The first-order valence-electron chi connectivity index (χ1n) is 4.30. The third-order valence-electron chi connectivity index (χ3n) is 2.34.